The fraction of sp³-hybridized carbons (Fsp3) is 0.250. The largest absolute Gasteiger partial charge is 0.459 e. The zero-order valence-electron chi connectivity index (χ0n) is 14.3. The Kier molecular flexibility index (Phi) is 5.41. The standard InChI is InChI=1S/C20H21ClN2O2/c1-13(15-7-9-17(21)10-8-15)22-12-20(24)23-14(2)19-11-16-5-3-4-6-18(16)25-19/h3-11,13-14,22H,12H2,1-2H3,(H,23,24)/t13-,14+/m0/s1. The highest BCUT2D eigenvalue weighted by molar-refractivity contribution is 6.30. The van der Waals surface area contributed by atoms with Gasteiger partial charge >= 0.3 is 0 Å². The molecular weight excluding hydrogens is 336 g/mol. The third kappa shape index (κ3) is 4.41. The van der Waals surface area contributed by atoms with Gasteiger partial charge in [0.25, 0.3) is 0 Å². The van der Waals surface area contributed by atoms with Crippen molar-refractivity contribution in [1.82, 2.24) is 10.6 Å². The SMILES string of the molecule is C[C@H](NCC(=O)N[C@H](C)c1cc2ccccc2o1)c1ccc(Cl)cc1. The van der Waals surface area contributed by atoms with Crippen molar-refractivity contribution < 1.29 is 9.21 Å². The third-order valence-electron chi connectivity index (χ3n) is 4.19. The van der Waals surface area contributed by atoms with E-state index < -0.39 is 0 Å². The maximum absolute atomic E-state index is 12.2. The lowest BCUT2D eigenvalue weighted by molar-refractivity contribution is -0.121. The molecule has 0 unspecified atom stereocenters. The first-order chi connectivity index (χ1) is 12.0. The summed E-state index contributed by atoms with van der Waals surface area (Å²) >= 11 is 5.90. The number of halogens is 1. The van der Waals surface area contributed by atoms with Gasteiger partial charge in [0.05, 0.1) is 12.6 Å². The van der Waals surface area contributed by atoms with Crippen LogP contribution in [0, 0.1) is 0 Å². The quantitative estimate of drug-likeness (QED) is 0.677. The minimum atomic E-state index is -0.187. The summed E-state index contributed by atoms with van der Waals surface area (Å²) in [5.41, 5.74) is 1.91. The van der Waals surface area contributed by atoms with Crippen LogP contribution in [0.2, 0.25) is 5.02 Å². The Bertz CT molecular complexity index is 825. The number of para-hydroxylation sites is 1. The number of rotatable bonds is 6. The number of hydrogen-bond donors (Lipinski definition) is 2. The van der Waals surface area contributed by atoms with Gasteiger partial charge < -0.3 is 15.1 Å². The Balaban J connectivity index is 1.53. The van der Waals surface area contributed by atoms with Gasteiger partial charge in [-0.25, -0.2) is 0 Å². The van der Waals surface area contributed by atoms with Gasteiger partial charge in [-0.2, -0.15) is 0 Å². The summed E-state index contributed by atoms with van der Waals surface area (Å²) in [6, 6.07) is 17.2. The summed E-state index contributed by atoms with van der Waals surface area (Å²) in [4.78, 5) is 12.2. The number of benzene rings is 2. The van der Waals surface area contributed by atoms with Gasteiger partial charge in [0, 0.05) is 16.5 Å². The number of carbonyl (C=O) groups is 1. The van der Waals surface area contributed by atoms with Gasteiger partial charge in [0.15, 0.2) is 0 Å². The molecule has 0 aliphatic heterocycles. The highest BCUT2D eigenvalue weighted by Gasteiger charge is 2.15. The minimum absolute atomic E-state index is 0.0597. The van der Waals surface area contributed by atoms with Crippen molar-refractivity contribution >= 4 is 28.5 Å². The molecule has 2 atom stereocenters. The Morgan fingerprint density at radius 1 is 1.08 bits per heavy atom. The van der Waals surface area contributed by atoms with Crippen LogP contribution in [-0.4, -0.2) is 12.5 Å². The minimum Gasteiger partial charge on any atom is -0.459 e. The van der Waals surface area contributed by atoms with E-state index in [-0.39, 0.29) is 24.5 Å². The number of amides is 1. The molecule has 2 N–H and O–H groups in total. The molecule has 3 aromatic rings. The van der Waals surface area contributed by atoms with Crippen LogP contribution in [0.1, 0.15) is 37.3 Å². The lowest BCUT2D eigenvalue weighted by Gasteiger charge is -2.16. The summed E-state index contributed by atoms with van der Waals surface area (Å²) in [7, 11) is 0. The Labute approximate surface area is 152 Å². The second-order valence-electron chi connectivity index (χ2n) is 6.13. The summed E-state index contributed by atoms with van der Waals surface area (Å²) in [5, 5.41) is 7.91. The smallest absolute Gasteiger partial charge is 0.234 e. The molecule has 4 nitrogen and oxygen atoms in total. The molecule has 1 aromatic heterocycles. The van der Waals surface area contributed by atoms with E-state index in [1.807, 2.05) is 68.4 Å². The summed E-state index contributed by atoms with van der Waals surface area (Å²) in [6.07, 6.45) is 0. The molecule has 0 bridgehead atoms. The van der Waals surface area contributed by atoms with Crippen LogP contribution < -0.4 is 10.6 Å². The van der Waals surface area contributed by atoms with Crippen molar-refractivity contribution in [3.8, 4) is 0 Å². The van der Waals surface area contributed by atoms with Gasteiger partial charge in [-0.3, -0.25) is 4.79 Å². The van der Waals surface area contributed by atoms with E-state index in [1.54, 1.807) is 0 Å². The van der Waals surface area contributed by atoms with Crippen molar-refractivity contribution in [2.24, 2.45) is 0 Å². The van der Waals surface area contributed by atoms with E-state index in [0.29, 0.717) is 5.02 Å². The molecule has 0 radical (unpaired) electrons. The van der Waals surface area contributed by atoms with E-state index in [9.17, 15) is 4.79 Å². The zero-order chi connectivity index (χ0) is 17.8. The number of furan rings is 1. The molecule has 5 heteroatoms. The molecular formula is C20H21ClN2O2. The van der Waals surface area contributed by atoms with Crippen molar-refractivity contribution in [2.75, 3.05) is 6.54 Å². The lowest BCUT2D eigenvalue weighted by Crippen LogP contribution is -2.36. The molecule has 0 saturated heterocycles. The molecule has 3 rings (SSSR count). The third-order valence-corrected chi connectivity index (χ3v) is 4.44. The predicted octanol–water partition coefficient (Wildman–Crippen LogP) is 4.61. The normalized spacial score (nSPS) is 13.6. The molecule has 1 amide bonds. The van der Waals surface area contributed by atoms with Gasteiger partial charge in [0.2, 0.25) is 5.91 Å². The van der Waals surface area contributed by atoms with Gasteiger partial charge in [-0.15, -0.1) is 0 Å². The lowest BCUT2D eigenvalue weighted by atomic mass is 10.1. The topological polar surface area (TPSA) is 54.3 Å². The average Bonchev–Trinajstić information content (AvgIpc) is 3.04. The fourth-order valence-electron chi connectivity index (χ4n) is 2.69. The van der Waals surface area contributed by atoms with Crippen LogP contribution in [-0.2, 0) is 4.79 Å². The van der Waals surface area contributed by atoms with Gasteiger partial charge in [-0.05, 0) is 43.7 Å². The Morgan fingerprint density at radius 3 is 2.52 bits per heavy atom. The van der Waals surface area contributed by atoms with E-state index in [0.717, 1.165) is 22.3 Å². The molecule has 0 fully saturated rings. The number of nitrogens with one attached hydrogen (secondary N) is 2. The van der Waals surface area contributed by atoms with Gasteiger partial charge in [-0.1, -0.05) is 41.9 Å². The second-order valence-corrected chi connectivity index (χ2v) is 6.57. The number of carbonyl (C=O) groups excluding carboxylic acids is 1. The highest BCUT2D eigenvalue weighted by Crippen LogP contribution is 2.23. The summed E-state index contributed by atoms with van der Waals surface area (Å²) in [5.74, 6) is 0.675. The van der Waals surface area contributed by atoms with E-state index >= 15 is 0 Å². The van der Waals surface area contributed by atoms with E-state index in [4.69, 9.17) is 16.0 Å². The maximum atomic E-state index is 12.2. The molecule has 25 heavy (non-hydrogen) atoms. The fourth-order valence-corrected chi connectivity index (χ4v) is 2.82. The molecule has 0 saturated carbocycles. The van der Waals surface area contributed by atoms with Crippen molar-refractivity contribution in [3.05, 3.63) is 70.9 Å². The van der Waals surface area contributed by atoms with Crippen molar-refractivity contribution in [3.63, 3.8) is 0 Å². The van der Waals surface area contributed by atoms with Crippen molar-refractivity contribution in [1.29, 1.82) is 0 Å². The zero-order valence-corrected chi connectivity index (χ0v) is 15.0. The van der Waals surface area contributed by atoms with Crippen molar-refractivity contribution in [2.45, 2.75) is 25.9 Å². The van der Waals surface area contributed by atoms with E-state index in [1.165, 1.54) is 0 Å². The maximum Gasteiger partial charge on any atom is 0.234 e. The van der Waals surface area contributed by atoms with Crippen LogP contribution in [0.25, 0.3) is 11.0 Å². The molecule has 2 aromatic carbocycles. The number of hydrogen-bond acceptors (Lipinski definition) is 3. The predicted molar refractivity (Wildman–Crippen MR) is 101 cm³/mol. The van der Waals surface area contributed by atoms with Crippen LogP contribution in [0.3, 0.4) is 0 Å². The Morgan fingerprint density at radius 2 is 1.80 bits per heavy atom. The Hall–Kier alpha value is -2.30. The average molecular weight is 357 g/mol. The van der Waals surface area contributed by atoms with Crippen LogP contribution in [0.5, 0.6) is 0 Å². The molecule has 0 aliphatic carbocycles. The first-order valence-corrected chi connectivity index (χ1v) is 8.67. The summed E-state index contributed by atoms with van der Waals surface area (Å²) in [6.45, 7) is 4.16. The first-order valence-electron chi connectivity index (χ1n) is 8.29. The second kappa shape index (κ2) is 7.72. The molecule has 0 spiro atoms. The molecule has 130 valence electrons. The highest BCUT2D eigenvalue weighted by atomic mass is 35.5. The summed E-state index contributed by atoms with van der Waals surface area (Å²) < 4.78 is 5.79. The monoisotopic (exact) mass is 356 g/mol. The molecule has 0 aliphatic rings. The number of fused-ring (bicyclic) bond motifs is 1. The van der Waals surface area contributed by atoms with E-state index in [2.05, 4.69) is 10.6 Å². The van der Waals surface area contributed by atoms with Gasteiger partial charge in [0.1, 0.15) is 11.3 Å². The van der Waals surface area contributed by atoms with Crippen LogP contribution >= 0.6 is 11.6 Å². The van der Waals surface area contributed by atoms with Crippen LogP contribution in [0.4, 0.5) is 0 Å². The first kappa shape index (κ1) is 17.5. The molecule has 1 heterocycles. The van der Waals surface area contributed by atoms with Crippen LogP contribution in [0.15, 0.2) is 59.0 Å².